The fourth-order valence-corrected chi connectivity index (χ4v) is 4.17. The molecule has 3 heterocycles. The third-order valence-corrected chi connectivity index (χ3v) is 5.66. The molecule has 0 fully saturated rings. The third-order valence-electron chi connectivity index (χ3n) is 4.66. The zero-order valence-electron chi connectivity index (χ0n) is 14.5. The van der Waals surface area contributed by atoms with E-state index in [1.54, 1.807) is 11.6 Å². The number of aryl methyl sites for hydroxylation is 1. The van der Waals surface area contributed by atoms with E-state index in [1.807, 2.05) is 42.5 Å². The second-order valence-corrected chi connectivity index (χ2v) is 7.44. The predicted molar refractivity (Wildman–Crippen MR) is 102 cm³/mol. The van der Waals surface area contributed by atoms with Crippen LogP contribution in [0.25, 0.3) is 10.2 Å². The van der Waals surface area contributed by atoms with E-state index in [0.29, 0.717) is 18.5 Å². The van der Waals surface area contributed by atoms with Gasteiger partial charge in [0, 0.05) is 20.0 Å². The Bertz CT molecular complexity index is 1170. The number of nitrogens with one attached hydrogen (secondary N) is 1. The monoisotopic (exact) mass is 380 g/mol. The first-order valence-corrected chi connectivity index (χ1v) is 9.39. The molecule has 0 saturated heterocycles. The minimum Gasteiger partial charge on any atom is -0.480 e. The van der Waals surface area contributed by atoms with Crippen molar-refractivity contribution in [2.45, 2.75) is 19.1 Å². The summed E-state index contributed by atoms with van der Waals surface area (Å²) < 4.78 is 14.2. The minimum atomic E-state index is -0.247. The number of hydrogen-bond donors (Lipinski definition) is 1. The number of rotatable bonds is 4. The van der Waals surface area contributed by atoms with E-state index in [4.69, 9.17) is 9.15 Å². The quantitative estimate of drug-likeness (QED) is 0.585. The van der Waals surface area contributed by atoms with Crippen molar-refractivity contribution in [1.29, 1.82) is 0 Å². The van der Waals surface area contributed by atoms with Crippen molar-refractivity contribution in [1.82, 2.24) is 14.8 Å². The Hall–Kier alpha value is -3.13. The van der Waals surface area contributed by atoms with Gasteiger partial charge in [-0.25, -0.2) is 0 Å². The molecule has 2 aromatic heterocycles. The maximum atomic E-state index is 11.8. The van der Waals surface area contributed by atoms with Gasteiger partial charge in [0.1, 0.15) is 5.75 Å². The molecule has 4 aromatic rings. The van der Waals surface area contributed by atoms with Gasteiger partial charge < -0.3 is 19.0 Å². The minimum absolute atomic E-state index is 0.0363. The number of fused-ring (bicyclic) bond motifs is 2. The van der Waals surface area contributed by atoms with Crippen molar-refractivity contribution >= 4 is 27.6 Å². The molecular formula is C19H16N4O3S. The molecule has 0 aliphatic carbocycles. The highest BCUT2D eigenvalue weighted by Crippen LogP contribution is 2.36. The van der Waals surface area contributed by atoms with Crippen LogP contribution >= 0.6 is 11.3 Å². The molecule has 0 bridgehead atoms. The fourth-order valence-electron chi connectivity index (χ4n) is 3.22. The van der Waals surface area contributed by atoms with Crippen molar-refractivity contribution in [2.24, 2.45) is 7.05 Å². The van der Waals surface area contributed by atoms with E-state index in [9.17, 15) is 4.79 Å². The van der Waals surface area contributed by atoms with Crippen molar-refractivity contribution in [3.05, 3.63) is 69.1 Å². The topological polar surface area (TPSA) is 82.2 Å². The van der Waals surface area contributed by atoms with Gasteiger partial charge in [-0.1, -0.05) is 40.7 Å². The van der Waals surface area contributed by atoms with E-state index in [2.05, 4.69) is 15.5 Å². The zero-order chi connectivity index (χ0) is 18.4. The second-order valence-electron chi connectivity index (χ2n) is 6.45. The second kappa shape index (κ2) is 6.24. The Morgan fingerprint density at radius 3 is 3.04 bits per heavy atom. The van der Waals surface area contributed by atoms with Gasteiger partial charge >= 0.3 is 10.9 Å². The number of para-hydroxylation sites is 1. The van der Waals surface area contributed by atoms with Crippen molar-refractivity contribution in [2.75, 3.05) is 5.32 Å². The lowest BCUT2D eigenvalue weighted by molar-refractivity contribution is 0.199. The van der Waals surface area contributed by atoms with E-state index in [0.717, 1.165) is 33.5 Å². The summed E-state index contributed by atoms with van der Waals surface area (Å²) in [6.45, 7) is 0.527. The van der Waals surface area contributed by atoms with Gasteiger partial charge in [-0.3, -0.25) is 4.79 Å². The number of benzene rings is 2. The Morgan fingerprint density at radius 1 is 1.26 bits per heavy atom. The van der Waals surface area contributed by atoms with Crippen LogP contribution < -0.4 is 14.9 Å². The molecule has 136 valence electrons. The Kier molecular flexibility index (Phi) is 3.71. The smallest absolute Gasteiger partial charge is 0.315 e. The van der Waals surface area contributed by atoms with Crippen LogP contribution in [0.4, 0.5) is 6.01 Å². The summed E-state index contributed by atoms with van der Waals surface area (Å²) in [4.78, 5) is 11.8. The first-order chi connectivity index (χ1) is 13.2. The van der Waals surface area contributed by atoms with Crippen LogP contribution in [-0.4, -0.2) is 14.8 Å². The molecule has 2 aromatic carbocycles. The summed E-state index contributed by atoms with van der Waals surface area (Å²) in [5.74, 6) is 1.33. The molecular weight excluding hydrogens is 364 g/mol. The highest BCUT2D eigenvalue weighted by Gasteiger charge is 2.28. The molecule has 1 N–H and O–H groups in total. The molecule has 1 atom stereocenters. The highest BCUT2D eigenvalue weighted by molar-refractivity contribution is 7.16. The summed E-state index contributed by atoms with van der Waals surface area (Å²) >= 11 is 1.24. The Balaban J connectivity index is 1.28. The summed E-state index contributed by atoms with van der Waals surface area (Å²) in [6.07, 6.45) is 0.477. The van der Waals surface area contributed by atoms with Crippen LogP contribution in [0.3, 0.4) is 0 Å². The van der Waals surface area contributed by atoms with Gasteiger partial charge in [-0.05, 0) is 29.3 Å². The Morgan fingerprint density at radius 2 is 2.15 bits per heavy atom. The van der Waals surface area contributed by atoms with Gasteiger partial charge in [0.15, 0.2) is 6.10 Å². The average molecular weight is 380 g/mol. The number of aromatic nitrogens is 3. The lowest BCUT2D eigenvalue weighted by Crippen LogP contribution is -2.06. The molecule has 8 heteroatoms. The molecule has 1 unspecified atom stereocenters. The molecule has 1 aliphatic heterocycles. The number of anilines is 1. The van der Waals surface area contributed by atoms with Crippen LogP contribution in [-0.2, 0) is 20.0 Å². The van der Waals surface area contributed by atoms with Gasteiger partial charge in [-0.15, -0.1) is 5.10 Å². The van der Waals surface area contributed by atoms with Crippen molar-refractivity contribution < 1.29 is 9.15 Å². The first-order valence-electron chi connectivity index (χ1n) is 8.58. The lowest BCUT2D eigenvalue weighted by atomic mass is 10.1. The number of ether oxygens (including phenoxy) is 1. The molecule has 0 radical (unpaired) electrons. The summed E-state index contributed by atoms with van der Waals surface area (Å²) in [5, 5.41) is 11.3. The maximum Gasteiger partial charge on any atom is 0.315 e. The summed E-state index contributed by atoms with van der Waals surface area (Å²) in [6, 6.07) is 14.2. The van der Waals surface area contributed by atoms with Crippen LogP contribution in [0.2, 0.25) is 0 Å². The Labute approximate surface area is 158 Å². The molecule has 7 nitrogen and oxygen atoms in total. The van der Waals surface area contributed by atoms with Gasteiger partial charge in [-0.2, -0.15) is 0 Å². The average Bonchev–Trinajstić information content (AvgIpc) is 3.38. The van der Waals surface area contributed by atoms with Crippen LogP contribution in [0.5, 0.6) is 5.75 Å². The predicted octanol–water partition coefficient (Wildman–Crippen LogP) is 3.27. The molecule has 27 heavy (non-hydrogen) atoms. The largest absolute Gasteiger partial charge is 0.480 e. The molecule has 0 amide bonds. The maximum absolute atomic E-state index is 11.8. The van der Waals surface area contributed by atoms with E-state index in [-0.39, 0.29) is 11.0 Å². The van der Waals surface area contributed by atoms with Crippen LogP contribution in [0.15, 0.2) is 51.7 Å². The third kappa shape index (κ3) is 2.87. The van der Waals surface area contributed by atoms with Gasteiger partial charge in [0.2, 0.25) is 0 Å². The van der Waals surface area contributed by atoms with Crippen LogP contribution in [0.1, 0.15) is 23.1 Å². The van der Waals surface area contributed by atoms with Gasteiger partial charge in [0.05, 0.1) is 10.2 Å². The molecule has 0 spiro atoms. The zero-order valence-corrected chi connectivity index (χ0v) is 15.3. The van der Waals surface area contributed by atoms with E-state index in [1.165, 1.54) is 11.3 Å². The SMILES string of the molecule is Cn1c(=O)sc2cc(CNc3nnc(C4Cc5ccccc5O4)o3)ccc21. The fraction of sp³-hybridized carbons (Fsp3) is 0.211. The van der Waals surface area contributed by atoms with E-state index < -0.39 is 0 Å². The standard InChI is InChI=1S/C19H16N4O3S/c1-23-13-7-6-11(8-16(13)27-19(23)24)10-20-18-22-21-17(26-18)15-9-12-4-2-3-5-14(12)25-15/h2-8,15H,9-10H2,1H3,(H,20,22). The van der Waals surface area contributed by atoms with Crippen molar-refractivity contribution in [3.8, 4) is 5.75 Å². The molecule has 1 aliphatic rings. The number of hydrogen-bond acceptors (Lipinski definition) is 7. The number of thiazole rings is 1. The normalized spacial score (nSPS) is 15.7. The molecule has 5 rings (SSSR count). The van der Waals surface area contributed by atoms with Crippen molar-refractivity contribution in [3.63, 3.8) is 0 Å². The van der Waals surface area contributed by atoms with Crippen LogP contribution in [0, 0.1) is 0 Å². The van der Waals surface area contributed by atoms with Gasteiger partial charge in [0.25, 0.3) is 5.89 Å². The van der Waals surface area contributed by atoms with E-state index >= 15 is 0 Å². The molecule has 0 saturated carbocycles. The summed E-state index contributed by atoms with van der Waals surface area (Å²) in [5.41, 5.74) is 3.12. The highest BCUT2D eigenvalue weighted by atomic mass is 32.1. The lowest BCUT2D eigenvalue weighted by Gasteiger charge is -2.05. The summed E-state index contributed by atoms with van der Waals surface area (Å²) in [7, 11) is 1.78. The number of nitrogens with zero attached hydrogens (tertiary/aromatic N) is 3. The first kappa shape index (κ1) is 16.1.